The summed E-state index contributed by atoms with van der Waals surface area (Å²) in [5.74, 6) is 0. The van der Waals surface area contributed by atoms with Crippen LogP contribution < -0.4 is 0 Å². The average Bonchev–Trinajstić information content (AvgIpc) is 2.83. The lowest BCUT2D eigenvalue weighted by atomic mass is 9.86. The number of nitrogens with zero attached hydrogens (tertiary/aromatic N) is 1. The highest BCUT2D eigenvalue weighted by Crippen LogP contribution is 2.33. The van der Waals surface area contributed by atoms with E-state index in [4.69, 9.17) is 4.55 Å². The number of hydrogen-bond acceptors (Lipinski definition) is 3. The molecule has 1 heterocycles. The monoisotopic (exact) mass is 441 g/mol. The second kappa shape index (κ2) is 8.34. The molecule has 32 heavy (non-hydrogen) atoms. The second-order valence-electron chi connectivity index (χ2n) is 8.12. The minimum atomic E-state index is -4.17. The zero-order chi connectivity index (χ0) is 22.1. The van der Waals surface area contributed by atoms with Crippen molar-refractivity contribution in [1.82, 2.24) is 4.98 Å². The normalized spacial score (nSPS) is 13.5. The topological polar surface area (TPSA) is 67.3 Å². The largest absolute Gasteiger partial charge is 0.295 e. The van der Waals surface area contributed by atoms with Crippen molar-refractivity contribution in [2.24, 2.45) is 0 Å². The van der Waals surface area contributed by atoms with Gasteiger partial charge in [0.25, 0.3) is 10.1 Å². The van der Waals surface area contributed by atoms with Gasteiger partial charge in [-0.3, -0.25) is 9.54 Å². The van der Waals surface area contributed by atoms with Crippen molar-refractivity contribution in [3.8, 4) is 0 Å². The Morgan fingerprint density at radius 1 is 0.688 bits per heavy atom. The van der Waals surface area contributed by atoms with Crippen molar-refractivity contribution in [2.75, 3.05) is 0 Å². The molecule has 0 saturated carbocycles. The zero-order valence-corrected chi connectivity index (χ0v) is 18.3. The molecule has 0 fully saturated rings. The maximum absolute atomic E-state index is 11.0. The Bertz CT molecular complexity index is 1550. The Morgan fingerprint density at radius 2 is 1.44 bits per heavy atom. The molecule has 5 heteroatoms. The van der Waals surface area contributed by atoms with Crippen LogP contribution >= 0.6 is 0 Å². The first-order valence-corrected chi connectivity index (χ1v) is 12.2. The van der Waals surface area contributed by atoms with E-state index in [1.54, 1.807) is 35.5 Å². The Morgan fingerprint density at radius 3 is 2.31 bits per heavy atom. The van der Waals surface area contributed by atoms with Crippen molar-refractivity contribution in [2.45, 2.75) is 30.6 Å². The highest BCUT2D eigenvalue weighted by atomic mass is 32.2. The Kier molecular flexibility index (Phi) is 5.37. The van der Waals surface area contributed by atoms with Gasteiger partial charge < -0.3 is 0 Å². The molecule has 1 N–H and O–H groups in total. The van der Waals surface area contributed by atoms with Crippen molar-refractivity contribution < 1.29 is 13.0 Å². The molecule has 0 saturated heterocycles. The third-order valence-electron chi connectivity index (χ3n) is 6.18. The number of benzene rings is 4. The predicted octanol–water partition coefficient (Wildman–Crippen LogP) is 6.35. The summed E-state index contributed by atoms with van der Waals surface area (Å²) < 4.78 is 30.9. The van der Waals surface area contributed by atoms with Crippen LogP contribution in [0, 0.1) is 0 Å². The van der Waals surface area contributed by atoms with Gasteiger partial charge in [-0.15, -0.1) is 0 Å². The van der Waals surface area contributed by atoms with Gasteiger partial charge in [-0.2, -0.15) is 8.42 Å². The van der Waals surface area contributed by atoms with Gasteiger partial charge in [-0.1, -0.05) is 60.7 Å². The van der Waals surface area contributed by atoms with E-state index in [0.29, 0.717) is 5.39 Å². The summed E-state index contributed by atoms with van der Waals surface area (Å²) in [6.07, 6.45) is 8.20. The molecule has 4 nitrogen and oxygen atoms in total. The van der Waals surface area contributed by atoms with Crippen LogP contribution in [0.2, 0.25) is 0 Å². The van der Waals surface area contributed by atoms with Crippen LogP contribution in [-0.4, -0.2) is 18.0 Å². The molecule has 0 bridgehead atoms. The molecule has 0 unspecified atom stereocenters. The highest BCUT2D eigenvalue weighted by Gasteiger charge is 2.14. The van der Waals surface area contributed by atoms with Crippen LogP contribution in [0.4, 0.5) is 0 Å². The molecule has 0 atom stereocenters. The lowest BCUT2D eigenvalue weighted by Crippen LogP contribution is -2.02. The first-order valence-electron chi connectivity index (χ1n) is 10.7. The smallest absolute Gasteiger partial charge is 0.282 e. The van der Waals surface area contributed by atoms with E-state index in [-0.39, 0.29) is 4.90 Å². The van der Waals surface area contributed by atoms with Gasteiger partial charge >= 0.3 is 0 Å². The minimum absolute atomic E-state index is 0.108. The van der Waals surface area contributed by atoms with E-state index in [2.05, 4.69) is 53.5 Å². The van der Waals surface area contributed by atoms with Crippen molar-refractivity contribution in [3.63, 3.8) is 0 Å². The molecule has 4 aromatic carbocycles. The van der Waals surface area contributed by atoms with Gasteiger partial charge in [0.1, 0.15) is 4.90 Å². The van der Waals surface area contributed by atoms with Crippen LogP contribution in [0.15, 0.2) is 90.1 Å². The maximum Gasteiger partial charge on any atom is 0.295 e. The fraction of sp³-hybridized carbons (Fsp3) is 0.148. The summed E-state index contributed by atoms with van der Waals surface area (Å²) in [7, 11) is -4.17. The fourth-order valence-electron chi connectivity index (χ4n) is 4.65. The summed E-state index contributed by atoms with van der Waals surface area (Å²) in [6.45, 7) is 0. The Labute approximate surface area is 187 Å². The molecule has 6 rings (SSSR count). The third-order valence-corrected chi connectivity index (χ3v) is 7.09. The molecule has 0 radical (unpaired) electrons. The lowest BCUT2D eigenvalue weighted by Gasteiger charge is -2.18. The molecule has 160 valence electrons. The average molecular weight is 442 g/mol. The summed E-state index contributed by atoms with van der Waals surface area (Å²) in [5, 5.41) is 6.80. The van der Waals surface area contributed by atoms with E-state index < -0.39 is 10.1 Å². The van der Waals surface area contributed by atoms with Gasteiger partial charge in [0, 0.05) is 17.8 Å². The summed E-state index contributed by atoms with van der Waals surface area (Å²) >= 11 is 0. The predicted molar refractivity (Wildman–Crippen MR) is 130 cm³/mol. The lowest BCUT2D eigenvalue weighted by molar-refractivity contribution is 0.484. The number of pyridine rings is 1. The molecule has 1 aliphatic rings. The van der Waals surface area contributed by atoms with Crippen molar-refractivity contribution in [1.29, 1.82) is 0 Å². The van der Waals surface area contributed by atoms with E-state index in [1.807, 2.05) is 0 Å². The van der Waals surface area contributed by atoms with Crippen LogP contribution in [-0.2, 0) is 23.0 Å². The molecule has 0 amide bonds. The zero-order valence-electron chi connectivity index (χ0n) is 17.5. The van der Waals surface area contributed by atoms with Crippen LogP contribution in [0.5, 0.6) is 0 Å². The summed E-state index contributed by atoms with van der Waals surface area (Å²) in [4.78, 5) is 3.70. The summed E-state index contributed by atoms with van der Waals surface area (Å²) in [5.41, 5.74) is 3.17. The maximum atomic E-state index is 11.0. The number of fused-ring (bicyclic) bond motifs is 6. The van der Waals surface area contributed by atoms with E-state index in [0.717, 1.165) is 5.39 Å². The first-order chi connectivity index (χ1) is 15.5. The van der Waals surface area contributed by atoms with Gasteiger partial charge in [0.05, 0.1) is 0 Å². The number of hydrogen-bond donors (Lipinski definition) is 1. The first kappa shape index (κ1) is 20.6. The van der Waals surface area contributed by atoms with Crippen LogP contribution in [0.3, 0.4) is 0 Å². The van der Waals surface area contributed by atoms with E-state index in [9.17, 15) is 8.42 Å². The number of aromatic nitrogens is 1. The Balaban J connectivity index is 0.000000140. The SMILES string of the molecule is O=S(=O)(O)c1cccc2ccncc12.c1ccc2c(c1)ccc1c3c(ccc12)CCCC3. The van der Waals surface area contributed by atoms with Crippen LogP contribution in [0.1, 0.15) is 24.0 Å². The number of aryl methyl sites for hydroxylation is 2. The minimum Gasteiger partial charge on any atom is -0.282 e. The molecule has 1 aromatic heterocycles. The van der Waals surface area contributed by atoms with Crippen molar-refractivity contribution >= 4 is 42.4 Å². The van der Waals surface area contributed by atoms with Gasteiger partial charge in [-0.05, 0) is 75.9 Å². The summed E-state index contributed by atoms with van der Waals surface area (Å²) in [6, 6.07) is 24.3. The second-order valence-corrected chi connectivity index (χ2v) is 9.51. The van der Waals surface area contributed by atoms with E-state index >= 15 is 0 Å². The quantitative estimate of drug-likeness (QED) is 0.243. The molecule has 1 aliphatic carbocycles. The van der Waals surface area contributed by atoms with E-state index in [1.165, 1.54) is 59.5 Å². The van der Waals surface area contributed by atoms with Crippen molar-refractivity contribution in [3.05, 3.63) is 96.3 Å². The molecule has 0 aliphatic heterocycles. The molecule has 5 aromatic rings. The Hall–Kier alpha value is -3.28. The van der Waals surface area contributed by atoms with Gasteiger partial charge in [-0.25, -0.2) is 0 Å². The molecular formula is C27H23NO3S. The number of rotatable bonds is 1. The molecular weight excluding hydrogens is 418 g/mol. The van der Waals surface area contributed by atoms with Gasteiger partial charge in [0.15, 0.2) is 0 Å². The highest BCUT2D eigenvalue weighted by molar-refractivity contribution is 7.86. The fourth-order valence-corrected chi connectivity index (χ4v) is 5.35. The third kappa shape index (κ3) is 3.85. The van der Waals surface area contributed by atoms with Crippen LogP contribution in [0.25, 0.3) is 32.3 Å². The van der Waals surface area contributed by atoms with Gasteiger partial charge in [0.2, 0.25) is 0 Å². The molecule has 0 spiro atoms. The standard InChI is InChI=1S/C18H16.C9H7NO3S/c1-3-7-15-13(5-1)9-11-18-16-8-4-2-6-14(16)10-12-17(15)18;11-14(12,13)9-3-1-2-7-4-5-10-6-8(7)9/h1,3,5,7,9-12H,2,4,6,8H2;1-6H,(H,11,12,13).